The van der Waals surface area contributed by atoms with Crippen LogP contribution in [-0.4, -0.2) is 26.7 Å². The SMILES string of the molecule is C=CC(NCC(N)=O)c1cc(OC)ccc1OC. The van der Waals surface area contributed by atoms with Crippen molar-refractivity contribution in [1.29, 1.82) is 0 Å². The topological polar surface area (TPSA) is 73.6 Å². The van der Waals surface area contributed by atoms with Crippen molar-refractivity contribution in [2.75, 3.05) is 20.8 Å². The Hall–Kier alpha value is -2.01. The molecule has 5 nitrogen and oxygen atoms in total. The van der Waals surface area contributed by atoms with Crippen LogP contribution in [0, 0.1) is 0 Å². The number of hydrogen-bond donors (Lipinski definition) is 2. The number of nitrogens with one attached hydrogen (secondary N) is 1. The number of primary amides is 1. The number of methoxy groups -OCH3 is 2. The lowest BCUT2D eigenvalue weighted by molar-refractivity contribution is -0.117. The monoisotopic (exact) mass is 250 g/mol. The second-order valence-corrected chi connectivity index (χ2v) is 3.67. The number of ether oxygens (including phenoxy) is 2. The highest BCUT2D eigenvalue weighted by Gasteiger charge is 2.14. The summed E-state index contributed by atoms with van der Waals surface area (Å²) in [6.45, 7) is 3.80. The molecule has 0 saturated carbocycles. The molecule has 0 saturated heterocycles. The Balaban J connectivity index is 3.01. The van der Waals surface area contributed by atoms with Gasteiger partial charge in [-0.15, -0.1) is 6.58 Å². The van der Waals surface area contributed by atoms with Crippen LogP contribution in [0.5, 0.6) is 11.5 Å². The van der Waals surface area contributed by atoms with Gasteiger partial charge in [0.15, 0.2) is 0 Å². The van der Waals surface area contributed by atoms with Crippen molar-refractivity contribution >= 4 is 5.91 Å². The van der Waals surface area contributed by atoms with Gasteiger partial charge in [0.1, 0.15) is 11.5 Å². The van der Waals surface area contributed by atoms with Crippen molar-refractivity contribution in [2.24, 2.45) is 5.73 Å². The Morgan fingerprint density at radius 2 is 2.22 bits per heavy atom. The smallest absolute Gasteiger partial charge is 0.231 e. The van der Waals surface area contributed by atoms with Gasteiger partial charge in [-0.2, -0.15) is 0 Å². The van der Waals surface area contributed by atoms with Gasteiger partial charge in [0, 0.05) is 5.56 Å². The minimum atomic E-state index is -0.427. The molecule has 5 heteroatoms. The van der Waals surface area contributed by atoms with Crippen LogP contribution in [0.15, 0.2) is 30.9 Å². The van der Waals surface area contributed by atoms with Crippen molar-refractivity contribution < 1.29 is 14.3 Å². The summed E-state index contributed by atoms with van der Waals surface area (Å²) in [5.41, 5.74) is 5.95. The fourth-order valence-corrected chi connectivity index (χ4v) is 1.61. The Kier molecular flexibility index (Phi) is 5.20. The van der Waals surface area contributed by atoms with Gasteiger partial charge >= 0.3 is 0 Å². The zero-order valence-electron chi connectivity index (χ0n) is 10.6. The summed E-state index contributed by atoms with van der Waals surface area (Å²) in [4.78, 5) is 10.8. The minimum Gasteiger partial charge on any atom is -0.497 e. The van der Waals surface area contributed by atoms with Gasteiger partial charge < -0.3 is 15.2 Å². The minimum absolute atomic E-state index is 0.0665. The van der Waals surface area contributed by atoms with Gasteiger partial charge in [-0.3, -0.25) is 10.1 Å². The lowest BCUT2D eigenvalue weighted by Gasteiger charge is -2.18. The molecule has 1 unspecified atom stereocenters. The number of carbonyl (C=O) groups excluding carboxylic acids is 1. The Labute approximate surface area is 107 Å². The third kappa shape index (κ3) is 3.49. The van der Waals surface area contributed by atoms with Gasteiger partial charge in [-0.25, -0.2) is 0 Å². The second-order valence-electron chi connectivity index (χ2n) is 3.67. The summed E-state index contributed by atoms with van der Waals surface area (Å²) in [5.74, 6) is 0.972. The fourth-order valence-electron chi connectivity index (χ4n) is 1.61. The normalized spacial score (nSPS) is 11.7. The van der Waals surface area contributed by atoms with Crippen LogP contribution >= 0.6 is 0 Å². The van der Waals surface area contributed by atoms with Gasteiger partial charge in [-0.05, 0) is 18.2 Å². The molecule has 0 bridgehead atoms. The van der Waals surface area contributed by atoms with Gasteiger partial charge in [0.25, 0.3) is 0 Å². The summed E-state index contributed by atoms with van der Waals surface area (Å²) >= 11 is 0. The lowest BCUT2D eigenvalue weighted by atomic mass is 10.1. The highest BCUT2D eigenvalue weighted by atomic mass is 16.5. The molecular formula is C13H18N2O3. The summed E-state index contributed by atoms with van der Waals surface area (Å²) in [7, 11) is 3.17. The van der Waals surface area contributed by atoms with Gasteiger partial charge in [0.2, 0.25) is 5.91 Å². The molecule has 1 atom stereocenters. The zero-order valence-corrected chi connectivity index (χ0v) is 10.6. The summed E-state index contributed by atoms with van der Waals surface area (Å²) in [5, 5.41) is 2.98. The third-order valence-electron chi connectivity index (χ3n) is 2.50. The maximum absolute atomic E-state index is 10.8. The average Bonchev–Trinajstić information content (AvgIpc) is 2.38. The van der Waals surface area contributed by atoms with Crippen LogP contribution in [0.2, 0.25) is 0 Å². The average molecular weight is 250 g/mol. The Morgan fingerprint density at radius 3 is 2.72 bits per heavy atom. The van der Waals surface area contributed by atoms with Crippen molar-refractivity contribution in [2.45, 2.75) is 6.04 Å². The standard InChI is InChI=1S/C13H18N2O3/c1-4-11(15-8-13(14)16)10-7-9(17-2)5-6-12(10)18-3/h4-7,11,15H,1,8H2,2-3H3,(H2,14,16). The Morgan fingerprint density at radius 1 is 1.50 bits per heavy atom. The van der Waals surface area contributed by atoms with Crippen molar-refractivity contribution in [1.82, 2.24) is 5.32 Å². The maximum atomic E-state index is 10.8. The van der Waals surface area contributed by atoms with E-state index in [9.17, 15) is 4.79 Å². The first-order valence-electron chi connectivity index (χ1n) is 5.48. The van der Waals surface area contributed by atoms with E-state index in [0.717, 1.165) is 5.56 Å². The largest absolute Gasteiger partial charge is 0.497 e. The predicted molar refractivity (Wildman–Crippen MR) is 69.7 cm³/mol. The molecule has 0 fully saturated rings. The number of amides is 1. The van der Waals surface area contributed by atoms with E-state index in [1.165, 1.54) is 0 Å². The van der Waals surface area contributed by atoms with E-state index in [2.05, 4.69) is 11.9 Å². The summed E-state index contributed by atoms with van der Waals surface area (Å²) in [6, 6.07) is 5.20. The third-order valence-corrected chi connectivity index (χ3v) is 2.50. The molecule has 0 spiro atoms. The molecule has 0 radical (unpaired) electrons. The van der Waals surface area contributed by atoms with Crippen molar-refractivity contribution in [3.63, 3.8) is 0 Å². The molecule has 0 aromatic heterocycles. The number of rotatable bonds is 7. The highest BCUT2D eigenvalue weighted by Crippen LogP contribution is 2.29. The molecule has 0 aliphatic heterocycles. The van der Waals surface area contributed by atoms with Gasteiger partial charge in [0.05, 0.1) is 26.8 Å². The van der Waals surface area contributed by atoms with Crippen LogP contribution in [-0.2, 0) is 4.79 Å². The highest BCUT2D eigenvalue weighted by molar-refractivity contribution is 5.76. The molecule has 1 rings (SSSR count). The van der Waals surface area contributed by atoms with Crippen molar-refractivity contribution in [3.8, 4) is 11.5 Å². The summed E-state index contributed by atoms with van der Waals surface area (Å²) in [6.07, 6.45) is 1.68. The van der Waals surface area contributed by atoms with E-state index in [0.29, 0.717) is 11.5 Å². The number of hydrogen-bond acceptors (Lipinski definition) is 4. The number of benzene rings is 1. The molecule has 98 valence electrons. The van der Waals surface area contributed by atoms with Crippen LogP contribution in [0.1, 0.15) is 11.6 Å². The van der Waals surface area contributed by atoms with Crippen LogP contribution < -0.4 is 20.5 Å². The van der Waals surface area contributed by atoms with E-state index in [4.69, 9.17) is 15.2 Å². The first-order valence-corrected chi connectivity index (χ1v) is 5.48. The van der Waals surface area contributed by atoms with Gasteiger partial charge in [-0.1, -0.05) is 6.08 Å². The molecule has 0 heterocycles. The zero-order chi connectivity index (χ0) is 13.5. The van der Waals surface area contributed by atoms with E-state index in [-0.39, 0.29) is 12.6 Å². The van der Waals surface area contributed by atoms with E-state index >= 15 is 0 Å². The molecule has 1 aromatic rings. The predicted octanol–water partition coefficient (Wildman–Crippen LogP) is 1.01. The van der Waals surface area contributed by atoms with E-state index in [1.807, 2.05) is 6.07 Å². The molecule has 1 amide bonds. The fraction of sp³-hybridized carbons (Fsp3) is 0.308. The molecule has 18 heavy (non-hydrogen) atoms. The first-order chi connectivity index (χ1) is 8.62. The first kappa shape index (κ1) is 14.1. The maximum Gasteiger partial charge on any atom is 0.231 e. The molecule has 0 aliphatic rings. The quantitative estimate of drug-likeness (QED) is 0.708. The van der Waals surface area contributed by atoms with E-state index < -0.39 is 5.91 Å². The van der Waals surface area contributed by atoms with Crippen LogP contribution in [0.25, 0.3) is 0 Å². The second kappa shape index (κ2) is 6.66. The van der Waals surface area contributed by atoms with Crippen LogP contribution in [0.3, 0.4) is 0 Å². The number of carbonyl (C=O) groups is 1. The molecular weight excluding hydrogens is 232 g/mol. The molecule has 1 aromatic carbocycles. The molecule has 3 N–H and O–H groups in total. The lowest BCUT2D eigenvalue weighted by Crippen LogP contribution is -2.31. The van der Waals surface area contributed by atoms with Crippen molar-refractivity contribution in [3.05, 3.63) is 36.4 Å². The molecule has 0 aliphatic carbocycles. The Bertz CT molecular complexity index is 432. The van der Waals surface area contributed by atoms with Crippen LogP contribution in [0.4, 0.5) is 0 Å². The summed E-state index contributed by atoms with van der Waals surface area (Å²) < 4.78 is 10.4. The van der Waals surface area contributed by atoms with E-state index in [1.54, 1.807) is 32.4 Å². The number of nitrogens with two attached hydrogens (primary N) is 1.